The van der Waals surface area contributed by atoms with Crippen LogP contribution in [0.3, 0.4) is 0 Å². The number of ether oxygens (including phenoxy) is 3. The summed E-state index contributed by atoms with van der Waals surface area (Å²) in [4.78, 5) is 14.1. The van der Waals surface area contributed by atoms with Gasteiger partial charge in [0.15, 0.2) is 0 Å². The van der Waals surface area contributed by atoms with Gasteiger partial charge >= 0.3 is 18.0 Å². The molecule has 11 heteroatoms. The van der Waals surface area contributed by atoms with Crippen LogP contribution < -0.4 is 9.47 Å². The monoisotopic (exact) mass is 539 g/mol. The molecule has 39 heavy (non-hydrogen) atoms. The molecule has 2 heterocycles. The topological polar surface area (TPSA) is 88.7 Å². The molecule has 1 atom stereocenters. The van der Waals surface area contributed by atoms with Gasteiger partial charge in [0.25, 0.3) is 0 Å². The molecule has 0 bridgehead atoms. The summed E-state index contributed by atoms with van der Waals surface area (Å²) >= 11 is 0. The van der Waals surface area contributed by atoms with Gasteiger partial charge in [-0.3, -0.25) is 4.57 Å². The molecule has 8 nitrogen and oxygen atoms in total. The molecule has 1 aliphatic rings. The molecule has 0 saturated heterocycles. The number of benzene rings is 3. The molecule has 0 amide bonds. The summed E-state index contributed by atoms with van der Waals surface area (Å²) in [5.74, 6) is 0.619. The van der Waals surface area contributed by atoms with Crippen LogP contribution in [0.2, 0.25) is 0 Å². The van der Waals surface area contributed by atoms with Crippen molar-refractivity contribution in [2.45, 2.75) is 31.7 Å². The fourth-order valence-electron chi connectivity index (χ4n) is 4.21. The molecule has 1 aromatic heterocycles. The van der Waals surface area contributed by atoms with Crippen molar-refractivity contribution in [3.05, 3.63) is 100 Å². The highest BCUT2D eigenvalue weighted by molar-refractivity contribution is 5.64. The molecular weight excluding hydrogens is 515 g/mol. The highest BCUT2D eigenvalue weighted by Crippen LogP contribution is 2.32. The number of aryl methyl sites for hydroxylation is 1. The predicted octanol–water partition coefficient (Wildman–Crippen LogP) is 6.68. The van der Waals surface area contributed by atoms with Gasteiger partial charge in [-0.25, -0.2) is 0 Å². The van der Waals surface area contributed by atoms with Crippen molar-refractivity contribution in [2.75, 3.05) is 13.2 Å². The van der Waals surface area contributed by atoms with Crippen LogP contribution in [0.15, 0.2) is 79.0 Å². The third-order valence-electron chi connectivity index (χ3n) is 6.24. The minimum absolute atomic E-state index is 0.195. The third-order valence-corrected chi connectivity index (χ3v) is 6.24. The molecule has 0 fully saturated rings. The van der Waals surface area contributed by atoms with Gasteiger partial charge in [-0.05, 0) is 70.9 Å². The van der Waals surface area contributed by atoms with E-state index in [1.54, 1.807) is 16.7 Å². The van der Waals surface area contributed by atoms with E-state index < -0.39 is 16.7 Å². The predicted molar refractivity (Wildman–Crippen MR) is 136 cm³/mol. The van der Waals surface area contributed by atoms with Crippen LogP contribution in [0, 0.1) is 10.1 Å². The Morgan fingerprint density at radius 1 is 0.974 bits per heavy atom. The maximum atomic E-state index is 12.7. The van der Waals surface area contributed by atoms with Crippen molar-refractivity contribution < 1.29 is 32.3 Å². The Morgan fingerprint density at radius 3 is 2.21 bits per heavy atom. The Balaban J connectivity index is 1.07. The van der Waals surface area contributed by atoms with Crippen LogP contribution >= 0.6 is 0 Å². The summed E-state index contributed by atoms with van der Waals surface area (Å²) in [6, 6.07) is 20.4. The van der Waals surface area contributed by atoms with Crippen LogP contribution in [0.1, 0.15) is 17.5 Å². The van der Waals surface area contributed by atoms with E-state index in [1.807, 2.05) is 24.3 Å². The fraction of sp³-hybridized carbons (Fsp3) is 0.250. The summed E-state index contributed by atoms with van der Waals surface area (Å²) < 4.78 is 56.8. The van der Waals surface area contributed by atoms with Gasteiger partial charge in [-0.2, -0.15) is 13.2 Å². The number of alkyl halides is 3. The van der Waals surface area contributed by atoms with Crippen LogP contribution in [0.25, 0.3) is 11.1 Å². The highest BCUT2D eigenvalue weighted by atomic mass is 19.4. The average molecular weight is 540 g/mol. The second-order valence-corrected chi connectivity index (χ2v) is 9.04. The minimum atomic E-state index is -4.38. The van der Waals surface area contributed by atoms with Crippen LogP contribution in [-0.2, 0) is 23.9 Å². The first-order valence-corrected chi connectivity index (χ1v) is 12.2. The summed E-state index contributed by atoms with van der Waals surface area (Å²) in [5, 5.41) is 10.9. The van der Waals surface area contributed by atoms with E-state index in [0.717, 1.165) is 41.7 Å². The summed E-state index contributed by atoms with van der Waals surface area (Å²) in [7, 11) is 0. The Kier molecular flexibility index (Phi) is 7.51. The van der Waals surface area contributed by atoms with Crippen molar-refractivity contribution in [3.8, 4) is 28.6 Å². The van der Waals surface area contributed by atoms with E-state index in [9.17, 15) is 23.3 Å². The van der Waals surface area contributed by atoms with E-state index in [-0.39, 0.29) is 17.9 Å². The van der Waals surface area contributed by atoms with E-state index in [2.05, 4.69) is 17.1 Å². The molecule has 0 unspecified atom stereocenters. The quantitative estimate of drug-likeness (QED) is 0.134. The standard InChI is InChI=1S/C28H24F3N3O5/c29-28(30,31)22-9-13-24(14-10-22)39-23-11-7-21(8-12-23)20-5-3-19(4-6-20)2-1-15-37-25-16-33-17-26(34(35)36)32-27(33)38-18-25/h3-14,17,25H,1-2,15-16,18H2/t25-/m0/s1. The maximum Gasteiger partial charge on any atom is 0.416 e. The second kappa shape index (κ2) is 11.2. The number of fused-ring (bicyclic) bond motifs is 1. The van der Waals surface area contributed by atoms with Crippen molar-refractivity contribution in [3.63, 3.8) is 0 Å². The fourth-order valence-corrected chi connectivity index (χ4v) is 4.21. The lowest BCUT2D eigenvalue weighted by Gasteiger charge is -2.22. The molecule has 3 aromatic carbocycles. The van der Waals surface area contributed by atoms with Crippen molar-refractivity contribution in [1.29, 1.82) is 0 Å². The van der Waals surface area contributed by atoms with Gasteiger partial charge in [-0.15, -0.1) is 0 Å². The zero-order valence-electron chi connectivity index (χ0n) is 20.6. The molecule has 4 aromatic rings. The first-order chi connectivity index (χ1) is 18.7. The zero-order valence-corrected chi connectivity index (χ0v) is 20.6. The molecule has 0 saturated carbocycles. The number of halogens is 3. The van der Waals surface area contributed by atoms with Crippen molar-refractivity contribution >= 4 is 5.82 Å². The zero-order chi connectivity index (χ0) is 27.4. The van der Waals surface area contributed by atoms with Gasteiger partial charge < -0.3 is 24.3 Å². The lowest BCUT2D eigenvalue weighted by molar-refractivity contribution is -0.389. The van der Waals surface area contributed by atoms with E-state index in [4.69, 9.17) is 14.2 Å². The van der Waals surface area contributed by atoms with Gasteiger partial charge in [0, 0.05) is 11.6 Å². The van der Waals surface area contributed by atoms with E-state index >= 15 is 0 Å². The Morgan fingerprint density at radius 2 is 1.59 bits per heavy atom. The van der Waals surface area contributed by atoms with E-state index in [1.165, 1.54) is 18.3 Å². The highest BCUT2D eigenvalue weighted by Gasteiger charge is 2.30. The minimum Gasteiger partial charge on any atom is -0.457 e. The number of imidazole rings is 1. The number of nitro groups is 1. The third kappa shape index (κ3) is 6.55. The molecule has 5 rings (SSSR count). The van der Waals surface area contributed by atoms with Crippen LogP contribution in [0.4, 0.5) is 19.0 Å². The van der Waals surface area contributed by atoms with Gasteiger partial charge in [0.1, 0.15) is 30.4 Å². The first-order valence-electron chi connectivity index (χ1n) is 12.2. The molecule has 1 aliphatic heterocycles. The van der Waals surface area contributed by atoms with Gasteiger partial charge in [0.2, 0.25) is 0 Å². The van der Waals surface area contributed by atoms with Crippen molar-refractivity contribution in [2.24, 2.45) is 0 Å². The number of hydrogen-bond acceptors (Lipinski definition) is 6. The molecule has 0 N–H and O–H groups in total. The number of hydrogen-bond donors (Lipinski definition) is 0. The molecule has 0 aliphatic carbocycles. The number of aromatic nitrogens is 2. The average Bonchev–Trinajstić information content (AvgIpc) is 3.36. The smallest absolute Gasteiger partial charge is 0.416 e. The van der Waals surface area contributed by atoms with Crippen LogP contribution in [-0.4, -0.2) is 33.8 Å². The molecule has 0 spiro atoms. The normalized spacial score (nSPS) is 14.9. The lowest BCUT2D eigenvalue weighted by atomic mass is 10.0. The molecular formula is C28H24F3N3O5. The second-order valence-electron chi connectivity index (χ2n) is 9.04. The largest absolute Gasteiger partial charge is 0.457 e. The van der Waals surface area contributed by atoms with Gasteiger partial charge in [0.05, 0.1) is 12.1 Å². The maximum absolute atomic E-state index is 12.7. The van der Waals surface area contributed by atoms with E-state index in [0.29, 0.717) is 31.3 Å². The number of nitrogens with zero attached hydrogens (tertiary/aromatic N) is 3. The summed E-state index contributed by atoms with van der Waals surface area (Å²) in [5.41, 5.74) is 2.46. The molecule has 202 valence electrons. The Labute approximate surface area is 221 Å². The Bertz CT molecular complexity index is 1420. The molecule has 0 radical (unpaired) electrons. The lowest BCUT2D eigenvalue weighted by Crippen LogP contribution is -2.32. The number of rotatable bonds is 9. The summed E-state index contributed by atoms with van der Waals surface area (Å²) in [6.07, 6.45) is -1.58. The SMILES string of the molecule is O=[N+]([O-])c1cn2c(n1)OC[C@@H](OCCCc1ccc(-c3ccc(Oc4ccc(C(F)(F)F)cc4)cc3)cc1)C2. The summed E-state index contributed by atoms with van der Waals surface area (Å²) in [6.45, 7) is 1.29. The van der Waals surface area contributed by atoms with Crippen LogP contribution in [0.5, 0.6) is 17.5 Å². The van der Waals surface area contributed by atoms with Crippen molar-refractivity contribution in [1.82, 2.24) is 9.55 Å². The first kappa shape index (κ1) is 26.2. The Hall–Kier alpha value is -4.38. The van der Waals surface area contributed by atoms with Gasteiger partial charge in [-0.1, -0.05) is 36.4 Å².